The maximum absolute atomic E-state index is 12.4. The number of nitrogens with zero attached hydrogens (tertiary/aromatic N) is 4. The van der Waals surface area contributed by atoms with Gasteiger partial charge < -0.3 is 30.8 Å². The summed E-state index contributed by atoms with van der Waals surface area (Å²) in [4.78, 5) is 44.3. The topological polar surface area (TPSA) is 148 Å². The average Bonchev–Trinajstić information content (AvgIpc) is 3.75. The van der Waals surface area contributed by atoms with Crippen molar-refractivity contribution in [1.82, 2.24) is 19.4 Å². The molecule has 6 aromatic rings. The first-order valence-corrected chi connectivity index (χ1v) is 17.2. The molecular formula is C42H44N8O3. The number of nitrogens with two attached hydrogens (primary N) is 1. The number of aromatic nitrogens is 3. The van der Waals surface area contributed by atoms with E-state index < -0.39 is 0 Å². The van der Waals surface area contributed by atoms with Crippen molar-refractivity contribution in [3.8, 4) is 0 Å². The molecule has 3 aromatic carbocycles. The summed E-state index contributed by atoms with van der Waals surface area (Å²) in [5.74, 6) is 0.229. The number of para-hydroxylation sites is 1. The third-order valence-electron chi connectivity index (χ3n) is 8.43. The second-order valence-corrected chi connectivity index (χ2v) is 12.3. The molecule has 0 aliphatic rings. The van der Waals surface area contributed by atoms with E-state index in [0.717, 1.165) is 40.4 Å². The number of aldehydes is 1. The number of carbonyl (C=O) groups excluding carboxylic acids is 3. The molecule has 0 atom stereocenters. The van der Waals surface area contributed by atoms with Gasteiger partial charge in [-0.25, -0.2) is 0 Å². The predicted molar refractivity (Wildman–Crippen MR) is 214 cm³/mol. The smallest absolute Gasteiger partial charge is 0.267 e. The number of carbonyl (C=O) groups is 3. The Morgan fingerprint density at radius 1 is 0.830 bits per heavy atom. The highest BCUT2D eigenvalue weighted by Gasteiger charge is 2.11. The normalized spacial score (nSPS) is 11.2. The molecule has 0 saturated carbocycles. The molecule has 270 valence electrons. The Morgan fingerprint density at radius 3 is 2.26 bits per heavy atom. The third kappa shape index (κ3) is 10.9. The van der Waals surface area contributed by atoms with Crippen LogP contribution in [0.2, 0.25) is 0 Å². The highest BCUT2D eigenvalue weighted by molar-refractivity contribution is 6.04. The van der Waals surface area contributed by atoms with Crippen molar-refractivity contribution in [3.63, 3.8) is 0 Å². The maximum Gasteiger partial charge on any atom is 0.267 e. The first kappa shape index (κ1) is 37.5. The predicted octanol–water partition coefficient (Wildman–Crippen LogP) is 6.60. The molecule has 0 radical (unpaired) electrons. The summed E-state index contributed by atoms with van der Waals surface area (Å²) in [6, 6.07) is 31.0. The second kappa shape index (κ2) is 18.5. The lowest BCUT2D eigenvalue weighted by Crippen LogP contribution is -2.29. The molecule has 2 amide bonds. The van der Waals surface area contributed by atoms with E-state index in [1.165, 1.54) is 5.56 Å². The van der Waals surface area contributed by atoms with Gasteiger partial charge in [0.05, 0.1) is 28.4 Å². The molecule has 0 aliphatic carbocycles. The number of aliphatic imine (C=N–C) groups is 1. The van der Waals surface area contributed by atoms with E-state index in [4.69, 9.17) is 5.73 Å². The number of fused-ring (bicyclic) bond motifs is 1. The number of rotatable bonds is 13. The molecule has 53 heavy (non-hydrogen) atoms. The van der Waals surface area contributed by atoms with Crippen LogP contribution in [0.15, 0.2) is 121 Å². The third-order valence-corrected chi connectivity index (χ3v) is 8.43. The summed E-state index contributed by atoms with van der Waals surface area (Å²) in [5.41, 5.74) is 13.3. The maximum atomic E-state index is 12.4. The number of hydrogen-bond donors (Lipinski definition) is 4. The van der Waals surface area contributed by atoms with Gasteiger partial charge in [0.25, 0.3) is 11.8 Å². The van der Waals surface area contributed by atoms with Crippen molar-refractivity contribution < 1.29 is 14.4 Å². The zero-order valence-corrected chi connectivity index (χ0v) is 30.1. The van der Waals surface area contributed by atoms with Crippen molar-refractivity contribution >= 4 is 58.4 Å². The number of nitrogens with one attached hydrogen (secondary N) is 3. The minimum absolute atomic E-state index is 0.115. The lowest BCUT2D eigenvalue weighted by Gasteiger charge is -2.06. The standard InChI is InChI=1S/C24H19N3O2.C18H25N5O/c1-27-15-21(13-22(27)16-28)26-24(29)19-10-8-17(9-11-19)6-7-18-12-20-4-2-3-5-23(20)25-14-18;1-20-15-12-16(23(2)13-15)18(24)22-11-9-17(19)21-10-8-14-6-4-3-5-7-14/h2-16H,1H3,(H,26,29);3-7,12-13,20H,8-11H2,1-2H3,(H2,19,21)(H,22,24)/b7-6+;. The number of amidine groups is 1. The Morgan fingerprint density at radius 2 is 1.55 bits per heavy atom. The average molecular weight is 709 g/mol. The Labute approximate surface area is 309 Å². The van der Waals surface area contributed by atoms with E-state index >= 15 is 0 Å². The number of amides is 2. The van der Waals surface area contributed by atoms with Gasteiger partial charge in [-0.15, -0.1) is 0 Å². The monoisotopic (exact) mass is 708 g/mol. The van der Waals surface area contributed by atoms with E-state index in [1.807, 2.05) is 99.3 Å². The van der Waals surface area contributed by atoms with E-state index in [0.29, 0.717) is 48.0 Å². The lowest BCUT2D eigenvalue weighted by atomic mass is 10.1. The van der Waals surface area contributed by atoms with Crippen LogP contribution in [0.4, 0.5) is 11.4 Å². The lowest BCUT2D eigenvalue weighted by molar-refractivity contribution is 0.0945. The van der Waals surface area contributed by atoms with Crippen LogP contribution in [0.1, 0.15) is 54.4 Å². The number of aryl methyl sites for hydroxylation is 2. The van der Waals surface area contributed by atoms with E-state index in [9.17, 15) is 14.4 Å². The zero-order chi connectivity index (χ0) is 37.6. The summed E-state index contributed by atoms with van der Waals surface area (Å²) in [6.45, 7) is 1.13. The number of hydrogen-bond acceptors (Lipinski definition) is 6. The number of anilines is 2. The van der Waals surface area contributed by atoms with Crippen LogP contribution in [0.5, 0.6) is 0 Å². The molecule has 3 aromatic heterocycles. The molecule has 0 saturated heterocycles. The molecule has 5 N–H and O–H groups in total. The summed E-state index contributed by atoms with van der Waals surface area (Å²) in [5, 5.41) is 9.78. The molecule has 0 fully saturated rings. The van der Waals surface area contributed by atoms with Gasteiger partial charge in [0.1, 0.15) is 5.69 Å². The van der Waals surface area contributed by atoms with Gasteiger partial charge in [0.2, 0.25) is 0 Å². The van der Waals surface area contributed by atoms with Gasteiger partial charge in [-0.3, -0.25) is 24.4 Å². The first-order valence-electron chi connectivity index (χ1n) is 17.2. The molecule has 6 rings (SSSR count). The summed E-state index contributed by atoms with van der Waals surface area (Å²) in [7, 11) is 5.42. The van der Waals surface area contributed by atoms with Crippen LogP contribution < -0.4 is 21.7 Å². The van der Waals surface area contributed by atoms with Gasteiger partial charge in [-0.2, -0.15) is 0 Å². The van der Waals surface area contributed by atoms with E-state index in [2.05, 4.69) is 44.1 Å². The van der Waals surface area contributed by atoms with Crippen LogP contribution >= 0.6 is 0 Å². The van der Waals surface area contributed by atoms with Crippen LogP contribution in [0.3, 0.4) is 0 Å². The van der Waals surface area contributed by atoms with Crippen LogP contribution in [0, 0.1) is 0 Å². The fourth-order valence-electron chi connectivity index (χ4n) is 5.46. The number of pyridine rings is 1. The Kier molecular flexibility index (Phi) is 13.1. The van der Waals surface area contributed by atoms with Gasteiger partial charge in [0.15, 0.2) is 6.29 Å². The molecule has 0 spiro atoms. The molecule has 11 nitrogen and oxygen atoms in total. The van der Waals surface area contributed by atoms with Gasteiger partial charge in [-0.1, -0.05) is 72.8 Å². The van der Waals surface area contributed by atoms with Crippen LogP contribution in [-0.2, 0) is 20.5 Å². The molecule has 0 aliphatic heterocycles. The minimum atomic E-state index is -0.220. The van der Waals surface area contributed by atoms with Crippen molar-refractivity contribution in [2.75, 3.05) is 30.8 Å². The molecule has 11 heteroatoms. The first-order chi connectivity index (χ1) is 25.7. The van der Waals surface area contributed by atoms with Crippen molar-refractivity contribution in [2.24, 2.45) is 24.8 Å². The largest absolute Gasteiger partial charge is 0.387 e. The van der Waals surface area contributed by atoms with Crippen molar-refractivity contribution in [2.45, 2.75) is 12.8 Å². The fourth-order valence-corrected chi connectivity index (χ4v) is 5.46. The van der Waals surface area contributed by atoms with Crippen molar-refractivity contribution in [1.29, 1.82) is 0 Å². The second-order valence-electron chi connectivity index (χ2n) is 12.3. The quantitative estimate of drug-likeness (QED) is 0.0604. The summed E-state index contributed by atoms with van der Waals surface area (Å²) < 4.78 is 3.45. The fraction of sp³-hybridized carbons (Fsp3) is 0.167. The summed E-state index contributed by atoms with van der Waals surface area (Å²) >= 11 is 0. The van der Waals surface area contributed by atoms with E-state index in [-0.39, 0.29) is 11.8 Å². The molecule has 0 bridgehead atoms. The van der Waals surface area contributed by atoms with E-state index in [1.54, 1.807) is 40.6 Å². The van der Waals surface area contributed by atoms with Gasteiger partial charge in [0, 0.05) is 70.2 Å². The minimum Gasteiger partial charge on any atom is -0.387 e. The van der Waals surface area contributed by atoms with Gasteiger partial charge >= 0.3 is 0 Å². The highest BCUT2D eigenvalue weighted by atomic mass is 16.2. The van der Waals surface area contributed by atoms with Gasteiger partial charge in [-0.05, 0) is 59.5 Å². The number of benzene rings is 3. The molecule has 0 unspecified atom stereocenters. The Balaban J connectivity index is 0.000000209. The summed E-state index contributed by atoms with van der Waals surface area (Å²) in [6.07, 6.45) is 11.6. The Hall–Kier alpha value is -6.75. The SMILES string of the molecule is CNc1cc(C(=O)NCCC(N)=NCCc2ccccc2)n(C)c1.Cn1cc(NC(=O)c2ccc(/C=C/c3cnc4ccccc4c3)cc2)cc1C=O. The van der Waals surface area contributed by atoms with Crippen LogP contribution in [-0.4, -0.2) is 58.2 Å². The van der Waals surface area contributed by atoms with Crippen LogP contribution in [0.25, 0.3) is 23.1 Å². The zero-order valence-electron chi connectivity index (χ0n) is 30.1. The Bertz CT molecular complexity index is 2220. The van der Waals surface area contributed by atoms with Crippen molar-refractivity contribution in [3.05, 3.63) is 149 Å². The highest BCUT2D eigenvalue weighted by Crippen LogP contribution is 2.17. The molecule has 3 heterocycles. The molecular weight excluding hydrogens is 665 g/mol.